The third kappa shape index (κ3) is 5.64. The number of rotatable bonds is 7. The van der Waals surface area contributed by atoms with Crippen molar-refractivity contribution in [2.75, 3.05) is 12.9 Å². The molecule has 0 radical (unpaired) electrons. The largest absolute Gasteiger partial charge is 0.414 e. The average molecular weight is 472 g/mol. The molecule has 32 heavy (non-hydrogen) atoms. The van der Waals surface area contributed by atoms with E-state index >= 15 is 0 Å². The molecule has 3 rings (SSSR count). The van der Waals surface area contributed by atoms with Crippen LogP contribution in [-0.4, -0.2) is 34.6 Å². The van der Waals surface area contributed by atoms with Crippen molar-refractivity contribution in [3.63, 3.8) is 0 Å². The zero-order chi connectivity index (χ0) is 23.7. The van der Waals surface area contributed by atoms with Crippen LogP contribution < -0.4 is 0 Å². The van der Waals surface area contributed by atoms with Gasteiger partial charge in [-0.2, -0.15) is 8.42 Å². The zero-order valence-electron chi connectivity index (χ0n) is 20.0. The SMILES string of the molecule is Cc1cc2cccc([C@@H](CO[Si](C)(C)C(C)(C)C)OS(C)(=O)=O)c2nc1-c1ccccc1. The quantitative estimate of drug-likeness (QED) is 0.301. The summed E-state index contributed by atoms with van der Waals surface area (Å²) < 4.78 is 36.2. The van der Waals surface area contributed by atoms with Gasteiger partial charge in [-0.3, -0.25) is 4.18 Å². The van der Waals surface area contributed by atoms with Crippen LogP contribution in [0.4, 0.5) is 0 Å². The highest BCUT2D eigenvalue weighted by atomic mass is 32.2. The minimum atomic E-state index is -3.71. The fourth-order valence-electron chi connectivity index (χ4n) is 3.36. The van der Waals surface area contributed by atoms with E-state index in [-0.39, 0.29) is 11.6 Å². The molecule has 0 saturated heterocycles. The van der Waals surface area contributed by atoms with Crippen molar-refractivity contribution in [1.29, 1.82) is 0 Å². The third-order valence-electron chi connectivity index (χ3n) is 6.15. The first-order chi connectivity index (χ1) is 14.8. The highest BCUT2D eigenvalue weighted by molar-refractivity contribution is 7.86. The van der Waals surface area contributed by atoms with Crippen molar-refractivity contribution < 1.29 is 17.0 Å². The Morgan fingerprint density at radius 1 is 1.03 bits per heavy atom. The molecule has 7 heteroatoms. The number of nitrogens with zero attached hydrogens (tertiary/aromatic N) is 1. The maximum atomic E-state index is 12.1. The summed E-state index contributed by atoms with van der Waals surface area (Å²) in [6.07, 6.45) is 0.298. The Bertz CT molecular complexity index is 1200. The van der Waals surface area contributed by atoms with E-state index in [1.165, 1.54) is 0 Å². The molecular formula is C25H33NO4SSi. The fraction of sp³-hybridized carbons (Fsp3) is 0.400. The molecule has 2 aromatic carbocycles. The summed E-state index contributed by atoms with van der Waals surface area (Å²) in [6.45, 7) is 12.9. The lowest BCUT2D eigenvalue weighted by Crippen LogP contribution is -2.42. The van der Waals surface area contributed by atoms with Gasteiger partial charge in [-0.25, -0.2) is 4.98 Å². The molecule has 1 aromatic heterocycles. The van der Waals surface area contributed by atoms with Crippen molar-refractivity contribution in [2.24, 2.45) is 0 Å². The summed E-state index contributed by atoms with van der Waals surface area (Å²) in [5, 5.41) is 0.936. The summed E-state index contributed by atoms with van der Waals surface area (Å²) in [7, 11) is -5.82. The molecule has 5 nitrogen and oxygen atoms in total. The van der Waals surface area contributed by atoms with Gasteiger partial charge in [0.05, 0.1) is 24.1 Å². The normalized spacial score (nSPS) is 14.0. The summed E-state index contributed by atoms with van der Waals surface area (Å²) in [6, 6.07) is 17.8. The molecule has 0 fully saturated rings. The topological polar surface area (TPSA) is 65.5 Å². The summed E-state index contributed by atoms with van der Waals surface area (Å²) in [5.41, 5.74) is 4.38. The number of para-hydroxylation sites is 1. The molecule has 0 saturated carbocycles. The van der Waals surface area contributed by atoms with Crippen LogP contribution in [-0.2, 0) is 18.7 Å². The van der Waals surface area contributed by atoms with Crippen LogP contribution in [0.15, 0.2) is 54.6 Å². The van der Waals surface area contributed by atoms with Crippen LogP contribution in [0.2, 0.25) is 18.1 Å². The molecule has 0 N–H and O–H groups in total. The highest BCUT2D eigenvalue weighted by Gasteiger charge is 2.38. The van der Waals surface area contributed by atoms with Crippen LogP contribution in [0, 0.1) is 6.92 Å². The third-order valence-corrected chi connectivity index (χ3v) is 11.2. The maximum absolute atomic E-state index is 12.1. The van der Waals surface area contributed by atoms with Crippen molar-refractivity contribution >= 4 is 29.3 Å². The standard InChI is InChI=1S/C25H33NO4SSi/c1-18-16-20-14-11-15-21(24(20)26-23(18)19-12-9-8-10-13-19)22(30-31(5,27)28)17-29-32(6,7)25(2,3)4/h8-16,22H,17H2,1-7H3/t22-/m1/s1. The van der Waals surface area contributed by atoms with Gasteiger partial charge in [0.1, 0.15) is 6.10 Å². The Labute approximate surface area is 193 Å². The molecule has 0 amide bonds. The number of hydrogen-bond donors (Lipinski definition) is 0. The Hall–Kier alpha value is -2.06. The molecule has 0 unspecified atom stereocenters. The van der Waals surface area contributed by atoms with E-state index in [1.54, 1.807) is 0 Å². The van der Waals surface area contributed by atoms with Crippen molar-refractivity contribution in [2.45, 2.75) is 51.9 Å². The second kappa shape index (κ2) is 9.06. The lowest BCUT2D eigenvalue weighted by molar-refractivity contribution is 0.128. The summed E-state index contributed by atoms with van der Waals surface area (Å²) in [5.74, 6) is 0. The number of pyridine rings is 1. The first-order valence-corrected chi connectivity index (χ1v) is 15.5. The molecule has 172 valence electrons. The molecular weight excluding hydrogens is 438 g/mol. The van der Waals surface area contributed by atoms with Gasteiger partial charge in [0.2, 0.25) is 0 Å². The summed E-state index contributed by atoms with van der Waals surface area (Å²) in [4.78, 5) is 4.97. The van der Waals surface area contributed by atoms with E-state index in [0.29, 0.717) is 5.56 Å². The van der Waals surface area contributed by atoms with Gasteiger partial charge < -0.3 is 4.43 Å². The van der Waals surface area contributed by atoms with Crippen LogP contribution >= 0.6 is 0 Å². The molecule has 0 spiro atoms. The smallest absolute Gasteiger partial charge is 0.265 e. The molecule has 0 aliphatic heterocycles. The first-order valence-electron chi connectivity index (χ1n) is 10.8. The van der Waals surface area contributed by atoms with Crippen molar-refractivity contribution in [3.05, 3.63) is 65.7 Å². The second-order valence-corrected chi connectivity index (χ2v) is 16.2. The monoisotopic (exact) mass is 471 g/mol. The van der Waals surface area contributed by atoms with E-state index in [9.17, 15) is 8.42 Å². The van der Waals surface area contributed by atoms with E-state index < -0.39 is 24.5 Å². The van der Waals surface area contributed by atoms with Crippen LogP contribution in [0.1, 0.15) is 38.0 Å². The van der Waals surface area contributed by atoms with Crippen molar-refractivity contribution in [3.8, 4) is 11.3 Å². The first kappa shape index (κ1) is 24.6. The van der Waals surface area contributed by atoms with Gasteiger partial charge in [-0.05, 0) is 36.7 Å². The Morgan fingerprint density at radius 3 is 2.28 bits per heavy atom. The van der Waals surface area contributed by atoms with Crippen LogP contribution in [0.5, 0.6) is 0 Å². The second-order valence-electron chi connectivity index (χ2n) is 9.80. The van der Waals surface area contributed by atoms with Gasteiger partial charge in [0.15, 0.2) is 8.32 Å². The van der Waals surface area contributed by atoms with E-state index in [4.69, 9.17) is 13.6 Å². The van der Waals surface area contributed by atoms with Crippen molar-refractivity contribution in [1.82, 2.24) is 4.98 Å². The number of fused-ring (bicyclic) bond motifs is 1. The minimum Gasteiger partial charge on any atom is -0.414 e. The van der Waals surface area contributed by atoms with E-state index in [0.717, 1.165) is 34.0 Å². The van der Waals surface area contributed by atoms with Crippen LogP contribution in [0.3, 0.4) is 0 Å². The van der Waals surface area contributed by atoms with Gasteiger partial charge in [0, 0.05) is 16.5 Å². The predicted octanol–water partition coefficient (Wildman–Crippen LogP) is 6.25. The Balaban J connectivity index is 2.11. The average Bonchev–Trinajstić information content (AvgIpc) is 2.69. The zero-order valence-corrected chi connectivity index (χ0v) is 21.8. The minimum absolute atomic E-state index is 0.00274. The van der Waals surface area contributed by atoms with Gasteiger partial charge >= 0.3 is 0 Å². The van der Waals surface area contributed by atoms with Crippen LogP contribution in [0.25, 0.3) is 22.2 Å². The number of hydrogen-bond acceptors (Lipinski definition) is 5. The molecule has 0 bridgehead atoms. The fourth-order valence-corrected chi connectivity index (χ4v) is 4.94. The Kier molecular flexibility index (Phi) is 6.96. The number of aromatic nitrogens is 1. The molecule has 0 aliphatic rings. The van der Waals surface area contributed by atoms with Gasteiger partial charge in [-0.15, -0.1) is 0 Å². The number of aryl methyl sites for hydroxylation is 1. The molecule has 0 aliphatic carbocycles. The van der Waals surface area contributed by atoms with Gasteiger partial charge in [-0.1, -0.05) is 69.3 Å². The number of benzene rings is 2. The van der Waals surface area contributed by atoms with E-state index in [1.807, 2.05) is 55.5 Å². The van der Waals surface area contributed by atoms with E-state index in [2.05, 4.69) is 39.9 Å². The molecule has 1 heterocycles. The lowest BCUT2D eigenvalue weighted by atomic mass is 10.0. The summed E-state index contributed by atoms with van der Waals surface area (Å²) >= 11 is 0. The molecule has 3 aromatic rings. The lowest BCUT2D eigenvalue weighted by Gasteiger charge is -2.37. The van der Waals surface area contributed by atoms with Gasteiger partial charge in [0.25, 0.3) is 10.1 Å². The molecule has 1 atom stereocenters. The maximum Gasteiger partial charge on any atom is 0.265 e. The Morgan fingerprint density at radius 2 is 1.69 bits per heavy atom. The predicted molar refractivity (Wildman–Crippen MR) is 134 cm³/mol. The highest BCUT2D eigenvalue weighted by Crippen LogP contribution is 2.38.